The predicted octanol–water partition coefficient (Wildman–Crippen LogP) is 7.57. The van der Waals surface area contributed by atoms with E-state index < -0.39 is 5.97 Å². The monoisotopic (exact) mass is 691 g/mol. The van der Waals surface area contributed by atoms with Crippen LogP contribution in [0.5, 0.6) is 5.75 Å². The normalized spacial score (nSPS) is 12.4. The number of ether oxygens (including phenoxy) is 1. The maximum absolute atomic E-state index is 13.4. The molecule has 6 aromatic rings. The number of carbonyl (C=O) groups is 2. The molecule has 0 spiro atoms. The van der Waals surface area contributed by atoms with Crippen molar-refractivity contribution in [3.05, 3.63) is 105 Å². The zero-order valence-electron chi connectivity index (χ0n) is 25.6. The number of thiophene rings is 1. The third-order valence-corrected chi connectivity index (χ3v) is 11.1. The van der Waals surface area contributed by atoms with Gasteiger partial charge in [-0.1, -0.05) is 53.7 Å². The summed E-state index contributed by atoms with van der Waals surface area (Å²) in [6.07, 6.45) is 7.47. The second-order valence-electron chi connectivity index (χ2n) is 11.1. The number of nitrogens with two attached hydrogens (primary N) is 1. The maximum atomic E-state index is 13.4. The van der Waals surface area contributed by atoms with Crippen LogP contribution < -0.4 is 20.7 Å². The number of aryl methyl sites for hydroxylation is 1. The van der Waals surface area contributed by atoms with Gasteiger partial charge in [0.2, 0.25) is 0 Å². The summed E-state index contributed by atoms with van der Waals surface area (Å²) in [4.78, 5) is 37.4. The molecule has 1 amide bonds. The fourth-order valence-corrected chi connectivity index (χ4v) is 8.51. The quantitative estimate of drug-likeness (QED) is 0.0991. The van der Waals surface area contributed by atoms with Gasteiger partial charge < -0.3 is 20.5 Å². The van der Waals surface area contributed by atoms with E-state index >= 15 is 0 Å². The second-order valence-corrected chi connectivity index (χ2v) is 14.1. The van der Waals surface area contributed by atoms with Crippen molar-refractivity contribution in [2.45, 2.75) is 25.8 Å². The number of thiazole rings is 2. The molecule has 4 N–H and O–H groups in total. The number of nitrogens with one attached hydrogen (secondary N) is 1. The Bertz CT molecular complexity index is 2160. The zero-order chi connectivity index (χ0) is 33.2. The first-order chi connectivity index (χ1) is 23.4. The van der Waals surface area contributed by atoms with Crippen LogP contribution in [0.25, 0.3) is 21.3 Å². The number of aromatic nitrogens is 2. The number of benzene rings is 3. The van der Waals surface area contributed by atoms with Crippen molar-refractivity contribution in [1.29, 1.82) is 0 Å². The molecule has 0 atom stereocenters. The number of fused-ring (bicyclic) bond motifs is 2. The standard InChI is InChI=1S/C36H29N5O4S3/c1-2-24-27(20-46-32(24)37)22-12-14-23(15-13-22)45-18-6-11-30-31(34(43)44)39-36(48-30)41-17-16-21-7-5-8-25(26(21)19-41)33(42)40-35-38-28-9-3-4-10-29(28)47-35/h1,3-5,7-10,12-15,20H,6,11,16-19,37H2,(H,43,44)(H,38,40,42). The Balaban J connectivity index is 1.00. The Morgan fingerprint density at radius 2 is 1.90 bits per heavy atom. The molecule has 9 nitrogen and oxygen atoms in total. The van der Waals surface area contributed by atoms with E-state index in [1.54, 1.807) is 0 Å². The van der Waals surface area contributed by atoms with Crippen molar-refractivity contribution in [2.24, 2.45) is 0 Å². The first kappa shape index (κ1) is 31.4. The van der Waals surface area contributed by atoms with Gasteiger partial charge in [0.1, 0.15) is 10.8 Å². The molecule has 1 aliphatic rings. The number of carboxylic acid groups (broad SMARTS) is 1. The Morgan fingerprint density at radius 1 is 1.06 bits per heavy atom. The molecule has 3 aromatic carbocycles. The van der Waals surface area contributed by atoms with Gasteiger partial charge >= 0.3 is 5.97 Å². The van der Waals surface area contributed by atoms with E-state index in [1.807, 2.05) is 72.1 Å². The predicted molar refractivity (Wildman–Crippen MR) is 194 cm³/mol. The van der Waals surface area contributed by atoms with Gasteiger partial charge in [0.05, 0.1) is 22.4 Å². The number of carbonyl (C=O) groups excluding carboxylic acids is 1. The topological polar surface area (TPSA) is 131 Å². The molecule has 0 aliphatic carbocycles. The molecule has 48 heavy (non-hydrogen) atoms. The molecule has 240 valence electrons. The fraction of sp³-hybridized carbons (Fsp3) is 0.167. The zero-order valence-corrected chi connectivity index (χ0v) is 28.0. The lowest BCUT2D eigenvalue weighted by Gasteiger charge is -2.29. The van der Waals surface area contributed by atoms with E-state index in [0.29, 0.717) is 76.0 Å². The summed E-state index contributed by atoms with van der Waals surface area (Å²) in [6, 6.07) is 21.2. The van der Waals surface area contributed by atoms with E-state index in [2.05, 4.69) is 26.1 Å². The maximum Gasteiger partial charge on any atom is 0.355 e. The molecule has 3 aromatic heterocycles. The van der Waals surface area contributed by atoms with Crippen LogP contribution in [0.4, 0.5) is 15.3 Å². The molecular formula is C36H29N5O4S3. The lowest BCUT2D eigenvalue weighted by atomic mass is 9.94. The van der Waals surface area contributed by atoms with Crippen LogP contribution >= 0.6 is 34.0 Å². The number of nitrogens with zero attached hydrogens (tertiary/aromatic N) is 3. The summed E-state index contributed by atoms with van der Waals surface area (Å²) in [5.41, 5.74) is 12.1. The van der Waals surface area contributed by atoms with Crippen LogP contribution in [0.2, 0.25) is 0 Å². The number of amides is 1. The summed E-state index contributed by atoms with van der Waals surface area (Å²) in [7, 11) is 0. The van der Waals surface area contributed by atoms with Crippen LogP contribution in [0.3, 0.4) is 0 Å². The molecule has 7 rings (SSSR count). The number of anilines is 3. The van der Waals surface area contributed by atoms with E-state index in [-0.39, 0.29) is 11.6 Å². The molecular weight excluding hydrogens is 663 g/mol. The second kappa shape index (κ2) is 13.5. The van der Waals surface area contributed by atoms with Gasteiger partial charge in [0.25, 0.3) is 5.91 Å². The smallest absolute Gasteiger partial charge is 0.355 e. The Kier molecular flexibility index (Phi) is 8.82. The number of carboxylic acids is 1. The lowest BCUT2D eigenvalue weighted by Crippen LogP contribution is -2.32. The Hall–Kier alpha value is -5.22. The summed E-state index contributed by atoms with van der Waals surface area (Å²) >= 11 is 4.24. The summed E-state index contributed by atoms with van der Waals surface area (Å²) in [5.74, 6) is 2.09. The van der Waals surface area contributed by atoms with Gasteiger partial charge in [-0.2, -0.15) is 0 Å². The average Bonchev–Trinajstić information content (AvgIpc) is 3.82. The minimum absolute atomic E-state index is 0.0615. The van der Waals surface area contributed by atoms with Crippen molar-refractivity contribution in [1.82, 2.24) is 9.97 Å². The number of terminal acetylenes is 1. The van der Waals surface area contributed by atoms with Crippen LogP contribution in [0.1, 0.15) is 48.8 Å². The number of para-hydroxylation sites is 1. The summed E-state index contributed by atoms with van der Waals surface area (Å²) in [6.45, 7) is 1.53. The third kappa shape index (κ3) is 6.35. The van der Waals surface area contributed by atoms with E-state index in [4.69, 9.17) is 16.9 Å². The molecule has 0 radical (unpaired) electrons. The third-order valence-electron chi connectivity index (χ3n) is 8.14. The minimum atomic E-state index is -1.06. The minimum Gasteiger partial charge on any atom is -0.494 e. The highest BCUT2D eigenvalue weighted by Gasteiger charge is 2.26. The van der Waals surface area contributed by atoms with Gasteiger partial charge in [-0.05, 0) is 66.3 Å². The van der Waals surface area contributed by atoms with Crippen molar-refractivity contribution >= 4 is 71.4 Å². The number of hydrogen-bond acceptors (Lipinski definition) is 10. The number of aromatic carboxylic acids is 1. The van der Waals surface area contributed by atoms with Crippen LogP contribution in [-0.2, 0) is 19.4 Å². The largest absolute Gasteiger partial charge is 0.494 e. The van der Waals surface area contributed by atoms with Crippen LogP contribution in [-0.4, -0.2) is 40.1 Å². The van der Waals surface area contributed by atoms with Gasteiger partial charge in [0, 0.05) is 34.5 Å². The van der Waals surface area contributed by atoms with Crippen molar-refractivity contribution in [2.75, 3.05) is 29.1 Å². The Labute approximate surface area is 288 Å². The Morgan fingerprint density at radius 3 is 2.69 bits per heavy atom. The number of hydrogen-bond donors (Lipinski definition) is 3. The highest BCUT2D eigenvalue weighted by Crippen LogP contribution is 2.35. The van der Waals surface area contributed by atoms with E-state index in [0.717, 1.165) is 32.5 Å². The van der Waals surface area contributed by atoms with Crippen LogP contribution in [0.15, 0.2) is 72.1 Å². The van der Waals surface area contributed by atoms with Gasteiger partial charge in [-0.15, -0.1) is 29.1 Å². The van der Waals surface area contributed by atoms with Gasteiger partial charge in [-0.25, -0.2) is 14.8 Å². The first-order valence-corrected chi connectivity index (χ1v) is 17.7. The fourth-order valence-electron chi connectivity index (χ4n) is 5.75. The van der Waals surface area contributed by atoms with Gasteiger partial charge in [-0.3, -0.25) is 10.1 Å². The molecule has 0 bridgehead atoms. The molecule has 12 heteroatoms. The SMILES string of the molecule is C#Cc1c(-c2ccc(OCCCc3sc(N4CCc5cccc(C(=O)Nc6nc7ccccc7s6)c5C4)nc3C(=O)O)cc2)csc1N. The summed E-state index contributed by atoms with van der Waals surface area (Å²) < 4.78 is 6.96. The first-order valence-electron chi connectivity index (χ1n) is 15.2. The highest BCUT2D eigenvalue weighted by atomic mass is 32.1. The van der Waals surface area contributed by atoms with E-state index in [1.165, 1.54) is 34.0 Å². The molecule has 0 fully saturated rings. The molecule has 1 aliphatic heterocycles. The number of rotatable bonds is 10. The van der Waals surface area contributed by atoms with E-state index in [9.17, 15) is 14.7 Å². The van der Waals surface area contributed by atoms with Crippen molar-refractivity contribution in [3.8, 4) is 29.2 Å². The van der Waals surface area contributed by atoms with Crippen molar-refractivity contribution in [3.63, 3.8) is 0 Å². The lowest BCUT2D eigenvalue weighted by molar-refractivity contribution is 0.0690. The van der Waals surface area contributed by atoms with Gasteiger partial charge in [0.15, 0.2) is 16.0 Å². The molecule has 4 heterocycles. The van der Waals surface area contributed by atoms with Crippen molar-refractivity contribution < 1.29 is 19.4 Å². The molecule has 0 saturated heterocycles. The average molecular weight is 692 g/mol. The summed E-state index contributed by atoms with van der Waals surface area (Å²) in [5, 5.41) is 16.7. The molecule has 0 saturated carbocycles. The highest BCUT2D eigenvalue weighted by molar-refractivity contribution is 7.22. The number of nitrogen functional groups attached to an aromatic ring is 1. The molecule has 0 unspecified atom stereocenters. The van der Waals surface area contributed by atoms with Crippen LogP contribution in [0, 0.1) is 12.3 Å².